The molecule has 144 valence electrons. The van der Waals surface area contributed by atoms with Gasteiger partial charge in [0.2, 0.25) is 0 Å². The molecule has 0 aliphatic rings. The van der Waals surface area contributed by atoms with Crippen molar-refractivity contribution in [3.05, 3.63) is 89.6 Å². The molecule has 0 atom stereocenters. The monoisotopic (exact) mass is 380 g/mol. The summed E-state index contributed by atoms with van der Waals surface area (Å²) in [7, 11) is 1.65. The van der Waals surface area contributed by atoms with Crippen molar-refractivity contribution in [2.45, 2.75) is 13.1 Å². The predicted molar refractivity (Wildman–Crippen MR) is 107 cm³/mol. The van der Waals surface area contributed by atoms with Gasteiger partial charge in [0, 0.05) is 31.4 Å². The van der Waals surface area contributed by atoms with Gasteiger partial charge in [0.1, 0.15) is 5.82 Å². The third-order valence-electron chi connectivity index (χ3n) is 4.02. The highest BCUT2D eigenvalue weighted by atomic mass is 19.1. The number of nitrogens with zero attached hydrogens (tertiary/aromatic N) is 1. The van der Waals surface area contributed by atoms with Gasteiger partial charge in [-0.25, -0.2) is 4.39 Å². The van der Waals surface area contributed by atoms with Gasteiger partial charge >= 0.3 is 0 Å². The average molecular weight is 380 g/mol. The van der Waals surface area contributed by atoms with Crippen molar-refractivity contribution >= 4 is 17.6 Å². The van der Waals surface area contributed by atoms with E-state index in [4.69, 9.17) is 4.42 Å². The van der Waals surface area contributed by atoms with E-state index < -0.39 is 0 Å². The highest BCUT2D eigenvalue weighted by Gasteiger charge is 2.09. The summed E-state index contributed by atoms with van der Waals surface area (Å²) in [4.78, 5) is 16.2. The van der Waals surface area contributed by atoms with Crippen molar-refractivity contribution < 1.29 is 13.6 Å². The van der Waals surface area contributed by atoms with Crippen LogP contribution in [0.3, 0.4) is 0 Å². The van der Waals surface area contributed by atoms with Gasteiger partial charge in [0.05, 0.1) is 6.26 Å². The minimum absolute atomic E-state index is 0.251. The number of hydrogen-bond acceptors (Lipinski definition) is 3. The second kappa shape index (κ2) is 9.36. The van der Waals surface area contributed by atoms with Gasteiger partial charge in [0.15, 0.2) is 11.7 Å². The Bertz CT molecular complexity index is 955. The molecule has 0 saturated carbocycles. The second-order valence-electron chi connectivity index (χ2n) is 6.00. The molecule has 3 aromatic rings. The Balaban J connectivity index is 1.54. The third-order valence-corrected chi connectivity index (χ3v) is 4.02. The molecule has 0 spiro atoms. The molecule has 0 radical (unpaired) electrons. The number of aliphatic imine (C=N–C) groups is 1. The van der Waals surface area contributed by atoms with Crippen LogP contribution in [0.1, 0.15) is 21.7 Å². The van der Waals surface area contributed by atoms with Crippen LogP contribution >= 0.6 is 0 Å². The summed E-state index contributed by atoms with van der Waals surface area (Å²) in [5, 5.41) is 9.04. The Labute approximate surface area is 162 Å². The summed E-state index contributed by atoms with van der Waals surface area (Å²) < 4.78 is 18.8. The number of benzene rings is 2. The number of nitrogens with one attached hydrogen (secondary N) is 3. The zero-order valence-corrected chi connectivity index (χ0v) is 15.4. The summed E-state index contributed by atoms with van der Waals surface area (Å²) in [6, 6.07) is 17.3. The predicted octanol–water partition coefficient (Wildman–Crippen LogP) is 3.54. The molecule has 0 aliphatic heterocycles. The molecule has 0 saturated heterocycles. The van der Waals surface area contributed by atoms with Gasteiger partial charge in [-0.1, -0.05) is 30.3 Å². The van der Waals surface area contributed by atoms with Crippen LogP contribution in [0.4, 0.5) is 10.1 Å². The van der Waals surface area contributed by atoms with E-state index >= 15 is 0 Å². The van der Waals surface area contributed by atoms with Crippen LogP contribution in [-0.2, 0) is 13.1 Å². The zero-order chi connectivity index (χ0) is 19.8. The molecule has 6 nitrogen and oxygen atoms in total. The lowest BCUT2D eigenvalue weighted by atomic mass is 10.2. The van der Waals surface area contributed by atoms with E-state index in [-0.39, 0.29) is 17.5 Å². The number of anilines is 1. The van der Waals surface area contributed by atoms with E-state index in [0.29, 0.717) is 30.3 Å². The zero-order valence-electron chi connectivity index (χ0n) is 15.4. The first-order valence-corrected chi connectivity index (χ1v) is 8.77. The van der Waals surface area contributed by atoms with Crippen LogP contribution < -0.4 is 16.0 Å². The van der Waals surface area contributed by atoms with Crippen LogP contribution in [0, 0.1) is 5.82 Å². The molecule has 0 unspecified atom stereocenters. The Morgan fingerprint density at radius 2 is 1.86 bits per heavy atom. The molecule has 0 aliphatic carbocycles. The number of furan rings is 1. The average Bonchev–Trinajstić information content (AvgIpc) is 3.25. The maximum Gasteiger partial charge on any atom is 0.291 e. The lowest BCUT2D eigenvalue weighted by Gasteiger charge is -2.13. The molecular weight excluding hydrogens is 359 g/mol. The van der Waals surface area contributed by atoms with Crippen molar-refractivity contribution in [2.24, 2.45) is 4.99 Å². The SMILES string of the molecule is CN=C(NCc1cccc(NC(=O)c2ccco2)c1)NCc1ccccc1F. The fourth-order valence-corrected chi connectivity index (χ4v) is 2.59. The maximum absolute atomic E-state index is 13.7. The summed E-state index contributed by atoms with van der Waals surface area (Å²) >= 11 is 0. The van der Waals surface area contributed by atoms with Gasteiger partial charge in [-0.15, -0.1) is 0 Å². The minimum atomic E-state index is -0.308. The van der Waals surface area contributed by atoms with Crippen LogP contribution in [0.2, 0.25) is 0 Å². The minimum Gasteiger partial charge on any atom is -0.459 e. The summed E-state index contributed by atoms with van der Waals surface area (Å²) in [6.07, 6.45) is 1.45. The number of hydrogen-bond donors (Lipinski definition) is 3. The van der Waals surface area contributed by atoms with E-state index in [1.54, 1.807) is 43.4 Å². The summed E-state index contributed by atoms with van der Waals surface area (Å²) in [5.41, 5.74) is 2.18. The topological polar surface area (TPSA) is 78.7 Å². The molecular formula is C21H21FN4O2. The highest BCUT2D eigenvalue weighted by Crippen LogP contribution is 2.13. The van der Waals surface area contributed by atoms with E-state index in [0.717, 1.165) is 5.56 Å². The van der Waals surface area contributed by atoms with Gasteiger partial charge in [-0.3, -0.25) is 9.79 Å². The van der Waals surface area contributed by atoms with Crippen molar-refractivity contribution in [1.29, 1.82) is 0 Å². The standard InChI is InChI=1S/C21H21FN4O2/c1-23-21(25-14-16-7-2-3-9-18(16)22)24-13-15-6-4-8-17(12-15)26-20(27)19-10-5-11-28-19/h2-12H,13-14H2,1H3,(H,26,27)(H2,23,24,25). The van der Waals surface area contributed by atoms with Gasteiger partial charge < -0.3 is 20.4 Å². The maximum atomic E-state index is 13.7. The Hall–Kier alpha value is -3.61. The van der Waals surface area contributed by atoms with E-state index in [2.05, 4.69) is 20.9 Å². The molecule has 1 amide bonds. The molecule has 7 heteroatoms. The number of rotatable bonds is 6. The molecule has 0 bridgehead atoms. The van der Waals surface area contributed by atoms with Crippen LogP contribution in [0.5, 0.6) is 0 Å². The number of halogens is 1. The first-order valence-electron chi connectivity index (χ1n) is 8.77. The van der Waals surface area contributed by atoms with E-state index in [1.165, 1.54) is 12.3 Å². The summed E-state index contributed by atoms with van der Waals surface area (Å²) in [5.74, 6) is 0.234. The van der Waals surface area contributed by atoms with Crippen molar-refractivity contribution in [3.8, 4) is 0 Å². The van der Waals surface area contributed by atoms with Gasteiger partial charge in [-0.05, 0) is 35.9 Å². The van der Waals surface area contributed by atoms with Crippen LogP contribution in [0.25, 0.3) is 0 Å². The largest absolute Gasteiger partial charge is 0.459 e. The number of guanidine groups is 1. The molecule has 1 aromatic heterocycles. The number of amides is 1. The fourth-order valence-electron chi connectivity index (χ4n) is 2.59. The summed E-state index contributed by atoms with van der Waals surface area (Å²) in [6.45, 7) is 0.812. The quantitative estimate of drug-likeness (QED) is 0.452. The normalized spacial score (nSPS) is 11.1. The molecule has 0 fully saturated rings. The van der Waals surface area contributed by atoms with Crippen LogP contribution in [0.15, 0.2) is 76.3 Å². The van der Waals surface area contributed by atoms with Crippen molar-refractivity contribution in [2.75, 3.05) is 12.4 Å². The van der Waals surface area contributed by atoms with Crippen molar-refractivity contribution in [1.82, 2.24) is 10.6 Å². The molecule has 3 N–H and O–H groups in total. The second-order valence-corrected chi connectivity index (χ2v) is 6.00. The first-order chi connectivity index (χ1) is 13.7. The van der Waals surface area contributed by atoms with E-state index in [1.807, 2.05) is 18.2 Å². The number of carbonyl (C=O) groups is 1. The molecule has 28 heavy (non-hydrogen) atoms. The fraction of sp³-hybridized carbons (Fsp3) is 0.143. The van der Waals surface area contributed by atoms with Gasteiger partial charge in [0.25, 0.3) is 5.91 Å². The lowest BCUT2D eigenvalue weighted by molar-refractivity contribution is 0.0996. The molecule has 3 rings (SSSR count). The van der Waals surface area contributed by atoms with E-state index in [9.17, 15) is 9.18 Å². The Kier molecular flexibility index (Phi) is 6.41. The third kappa shape index (κ3) is 5.20. The number of carbonyl (C=O) groups excluding carboxylic acids is 1. The first kappa shape index (κ1) is 19.2. The molecule has 1 heterocycles. The van der Waals surface area contributed by atoms with Gasteiger partial charge in [-0.2, -0.15) is 0 Å². The van der Waals surface area contributed by atoms with Crippen molar-refractivity contribution in [3.63, 3.8) is 0 Å². The smallest absolute Gasteiger partial charge is 0.291 e. The Morgan fingerprint density at radius 1 is 1.04 bits per heavy atom. The molecule has 2 aromatic carbocycles. The lowest BCUT2D eigenvalue weighted by Crippen LogP contribution is -2.36. The Morgan fingerprint density at radius 3 is 2.61 bits per heavy atom. The highest BCUT2D eigenvalue weighted by molar-refractivity contribution is 6.02. The van der Waals surface area contributed by atoms with Crippen LogP contribution in [-0.4, -0.2) is 18.9 Å².